The summed E-state index contributed by atoms with van der Waals surface area (Å²) in [6, 6.07) is 11.3. The fraction of sp³-hybridized carbons (Fsp3) is 0.286. The van der Waals surface area contributed by atoms with Gasteiger partial charge in [-0.25, -0.2) is 4.98 Å². The minimum absolute atomic E-state index is 0.0862. The van der Waals surface area contributed by atoms with E-state index in [0.29, 0.717) is 17.8 Å². The lowest BCUT2D eigenvalue weighted by Crippen LogP contribution is -2.27. The topological polar surface area (TPSA) is 66.7 Å². The number of nitrogens with zero attached hydrogens (tertiary/aromatic N) is 3. The number of carbonyl (C=O) groups is 2. The lowest BCUT2D eigenvalue weighted by molar-refractivity contribution is 0.0792. The van der Waals surface area contributed by atoms with E-state index in [2.05, 4.69) is 10.3 Å². The molecule has 1 aliphatic rings. The Labute approximate surface area is 157 Å². The molecule has 0 atom stereocenters. The molecule has 2 aromatic heterocycles. The zero-order valence-corrected chi connectivity index (χ0v) is 15.3. The van der Waals surface area contributed by atoms with Gasteiger partial charge in [0.15, 0.2) is 0 Å². The van der Waals surface area contributed by atoms with E-state index in [-0.39, 0.29) is 11.8 Å². The zero-order chi connectivity index (χ0) is 18.8. The lowest BCUT2D eigenvalue weighted by atomic mass is 10.1. The molecule has 6 heteroatoms. The van der Waals surface area contributed by atoms with E-state index in [1.54, 1.807) is 6.20 Å². The highest BCUT2D eigenvalue weighted by Crippen LogP contribution is 2.14. The Balaban J connectivity index is 1.38. The van der Waals surface area contributed by atoms with Crippen LogP contribution in [0.2, 0.25) is 0 Å². The minimum Gasteiger partial charge on any atom is -0.347 e. The second kappa shape index (κ2) is 7.23. The van der Waals surface area contributed by atoms with E-state index in [1.165, 1.54) is 0 Å². The molecule has 0 unspecified atom stereocenters. The number of hydrogen-bond acceptors (Lipinski definition) is 3. The van der Waals surface area contributed by atoms with Crippen molar-refractivity contribution in [3.8, 4) is 0 Å². The summed E-state index contributed by atoms with van der Waals surface area (Å²) >= 11 is 0. The van der Waals surface area contributed by atoms with Crippen LogP contribution in [0.1, 0.15) is 44.8 Å². The molecular formula is C21H22N4O2. The van der Waals surface area contributed by atoms with Crippen LogP contribution >= 0.6 is 0 Å². The molecule has 3 aromatic rings. The predicted octanol–water partition coefficient (Wildman–Crippen LogP) is 2.81. The largest absolute Gasteiger partial charge is 0.347 e. The number of hydrogen-bond donors (Lipinski definition) is 1. The van der Waals surface area contributed by atoms with Crippen molar-refractivity contribution in [3.63, 3.8) is 0 Å². The lowest BCUT2D eigenvalue weighted by Gasteiger charge is -2.15. The number of rotatable bonds is 4. The molecule has 1 saturated heterocycles. The quantitative estimate of drug-likeness (QED) is 0.776. The van der Waals surface area contributed by atoms with Crippen molar-refractivity contribution in [2.45, 2.75) is 26.3 Å². The Morgan fingerprint density at radius 2 is 1.85 bits per heavy atom. The first-order valence-electron chi connectivity index (χ1n) is 9.22. The van der Waals surface area contributed by atoms with Crippen molar-refractivity contribution in [2.75, 3.05) is 13.1 Å². The van der Waals surface area contributed by atoms with Gasteiger partial charge in [0.05, 0.1) is 0 Å². The molecule has 0 spiro atoms. The van der Waals surface area contributed by atoms with Crippen molar-refractivity contribution in [1.29, 1.82) is 0 Å². The molecule has 1 aliphatic heterocycles. The van der Waals surface area contributed by atoms with Crippen LogP contribution in [0, 0.1) is 6.92 Å². The van der Waals surface area contributed by atoms with Crippen LogP contribution in [0.15, 0.2) is 48.8 Å². The van der Waals surface area contributed by atoms with E-state index in [4.69, 9.17) is 0 Å². The van der Waals surface area contributed by atoms with E-state index < -0.39 is 0 Å². The first kappa shape index (κ1) is 17.3. The van der Waals surface area contributed by atoms with E-state index in [1.807, 2.05) is 58.8 Å². The van der Waals surface area contributed by atoms with Gasteiger partial charge in [-0.05, 0) is 55.2 Å². The van der Waals surface area contributed by atoms with Crippen LogP contribution in [-0.2, 0) is 6.54 Å². The number of carbonyl (C=O) groups excluding carboxylic acids is 2. The maximum atomic E-state index is 12.4. The number of pyridine rings is 1. The van der Waals surface area contributed by atoms with Crippen LogP contribution < -0.4 is 5.32 Å². The third-order valence-electron chi connectivity index (χ3n) is 4.90. The molecular weight excluding hydrogens is 340 g/mol. The summed E-state index contributed by atoms with van der Waals surface area (Å²) in [5.41, 5.74) is 3.89. The second-order valence-corrected chi connectivity index (χ2v) is 6.97. The molecule has 0 radical (unpaired) electrons. The molecule has 27 heavy (non-hydrogen) atoms. The normalized spacial score (nSPS) is 13.9. The molecule has 6 nitrogen and oxygen atoms in total. The molecule has 0 saturated carbocycles. The highest BCUT2D eigenvalue weighted by molar-refractivity contribution is 5.94. The highest BCUT2D eigenvalue weighted by atomic mass is 16.2. The summed E-state index contributed by atoms with van der Waals surface area (Å²) in [5, 5.41) is 2.88. The van der Waals surface area contributed by atoms with Gasteiger partial charge < -0.3 is 14.6 Å². The molecule has 1 aromatic carbocycles. The fourth-order valence-electron chi connectivity index (χ4n) is 3.33. The van der Waals surface area contributed by atoms with E-state index in [0.717, 1.165) is 42.7 Å². The maximum Gasteiger partial charge on any atom is 0.271 e. The fourth-order valence-corrected chi connectivity index (χ4v) is 3.33. The molecule has 4 rings (SSSR count). The van der Waals surface area contributed by atoms with E-state index in [9.17, 15) is 9.59 Å². The Kier molecular flexibility index (Phi) is 4.62. The van der Waals surface area contributed by atoms with Gasteiger partial charge in [-0.1, -0.05) is 12.1 Å². The third kappa shape index (κ3) is 3.69. The van der Waals surface area contributed by atoms with Crippen LogP contribution in [0.4, 0.5) is 0 Å². The second-order valence-electron chi connectivity index (χ2n) is 6.97. The number of fused-ring (bicyclic) bond motifs is 1. The Morgan fingerprint density at radius 1 is 1.11 bits per heavy atom. The Bertz CT molecular complexity index is 985. The van der Waals surface area contributed by atoms with E-state index >= 15 is 0 Å². The predicted molar refractivity (Wildman–Crippen MR) is 103 cm³/mol. The van der Waals surface area contributed by atoms with Crippen molar-refractivity contribution in [3.05, 3.63) is 71.2 Å². The monoisotopic (exact) mass is 362 g/mol. The highest BCUT2D eigenvalue weighted by Gasteiger charge is 2.19. The van der Waals surface area contributed by atoms with Gasteiger partial charge in [0.1, 0.15) is 11.3 Å². The summed E-state index contributed by atoms with van der Waals surface area (Å²) in [6.45, 7) is 4.07. The summed E-state index contributed by atoms with van der Waals surface area (Å²) in [7, 11) is 0. The number of benzene rings is 1. The summed E-state index contributed by atoms with van der Waals surface area (Å²) in [5.74, 6) is -0.128. The molecule has 3 heterocycles. The maximum absolute atomic E-state index is 12.4. The van der Waals surface area contributed by atoms with Crippen LogP contribution in [0.5, 0.6) is 0 Å². The van der Waals surface area contributed by atoms with Gasteiger partial charge in [0.2, 0.25) is 0 Å². The number of likely N-dealkylation sites (tertiary alicyclic amines) is 1. The molecule has 0 aliphatic carbocycles. The van der Waals surface area contributed by atoms with Gasteiger partial charge in [-0.2, -0.15) is 0 Å². The number of amides is 2. The number of nitrogens with one attached hydrogen (secondary N) is 1. The minimum atomic E-state index is -0.214. The van der Waals surface area contributed by atoms with Gasteiger partial charge >= 0.3 is 0 Å². The summed E-state index contributed by atoms with van der Waals surface area (Å²) < 4.78 is 1.83. The standard InChI is InChI=1S/C21H22N4O2/c1-15-8-11-25-14-18(23-19(25)12-15)20(26)22-13-16-4-6-17(7-5-16)21(27)24-9-2-3-10-24/h4-8,11-12,14H,2-3,9-10,13H2,1H3,(H,22,26). The number of aryl methyl sites for hydroxylation is 1. The smallest absolute Gasteiger partial charge is 0.271 e. The van der Waals surface area contributed by atoms with Crippen LogP contribution in [0.3, 0.4) is 0 Å². The van der Waals surface area contributed by atoms with Crippen molar-refractivity contribution in [2.24, 2.45) is 0 Å². The summed E-state index contributed by atoms with van der Waals surface area (Å²) in [6.07, 6.45) is 5.78. The average Bonchev–Trinajstić information content (AvgIpc) is 3.35. The molecule has 2 amide bonds. The first-order valence-corrected chi connectivity index (χ1v) is 9.22. The SMILES string of the molecule is Cc1ccn2cc(C(=O)NCc3ccc(C(=O)N4CCCC4)cc3)nc2c1. The van der Waals surface area contributed by atoms with Crippen molar-refractivity contribution in [1.82, 2.24) is 19.6 Å². The van der Waals surface area contributed by atoms with Crippen molar-refractivity contribution < 1.29 is 9.59 Å². The zero-order valence-electron chi connectivity index (χ0n) is 15.3. The number of aromatic nitrogens is 2. The van der Waals surface area contributed by atoms with Gasteiger partial charge in [0.25, 0.3) is 11.8 Å². The molecule has 1 N–H and O–H groups in total. The van der Waals surface area contributed by atoms with Gasteiger partial charge in [-0.15, -0.1) is 0 Å². The third-order valence-corrected chi connectivity index (χ3v) is 4.90. The molecule has 0 bridgehead atoms. The molecule has 1 fully saturated rings. The van der Waals surface area contributed by atoms with Crippen LogP contribution in [0.25, 0.3) is 5.65 Å². The number of imidazole rings is 1. The molecule has 138 valence electrons. The van der Waals surface area contributed by atoms with Crippen LogP contribution in [-0.4, -0.2) is 39.2 Å². The average molecular weight is 362 g/mol. The Hall–Kier alpha value is -3.15. The van der Waals surface area contributed by atoms with Crippen molar-refractivity contribution >= 4 is 17.5 Å². The Morgan fingerprint density at radius 3 is 2.59 bits per heavy atom. The van der Waals surface area contributed by atoms with Gasteiger partial charge in [0, 0.05) is 37.6 Å². The van der Waals surface area contributed by atoms with Gasteiger partial charge in [-0.3, -0.25) is 9.59 Å². The first-order chi connectivity index (χ1) is 13.1. The summed E-state index contributed by atoms with van der Waals surface area (Å²) in [4.78, 5) is 31.0.